The SMILES string of the molecule is CC1(C)CC[Si]2(Cc3cc4c(cc3C2)-c2ccccc2-c2ccccc2-c2ccccc2-4)c2cc3c(cc21)B1c2ccccc2Oc2cccc(c21)O3. The zero-order valence-electron chi connectivity index (χ0n) is 30.0. The summed E-state index contributed by atoms with van der Waals surface area (Å²) in [6.45, 7) is 5.04. The average molecular weight is 697 g/mol. The van der Waals surface area contributed by atoms with Crippen molar-refractivity contribution in [3.05, 3.63) is 156 Å². The maximum Gasteiger partial charge on any atom is 0.260 e. The Morgan fingerprint density at radius 2 is 0.981 bits per heavy atom. The van der Waals surface area contributed by atoms with Crippen molar-refractivity contribution in [2.75, 3.05) is 0 Å². The van der Waals surface area contributed by atoms with Crippen molar-refractivity contribution in [1.29, 1.82) is 0 Å². The molecule has 0 saturated heterocycles. The second-order valence-electron chi connectivity index (χ2n) is 16.6. The fourth-order valence-corrected chi connectivity index (χ4v) is 16.5. The van der Waals surface area contributed by atoms with E-state index in [9.17, 15) is 0 Å². The van der Waals surface area contributed by atoms with E-state index < -0.39 is 8.07 Å². The lowest BCUT2D eigenvalue weighted by atomic mass is 9.34. The first-order chi connectivity index (χ1) is 26.0. The van der Waals surface area contributed by atoms with Gasteiger partial charge in [0.05, 0.1) is 8.07 Å². The second-order valence-corrected chi connectivity index (χ2v) is 20.9. The van der Waals surface area contributed by atoms with Gasteiger partial charge >= 0.3 is 0 Å². The predicted molar refractivity (Wildman–Crippen MR) is 221 cm³/mol. The first-order valence-electron chi connectivity index (χ1n) is 19.2. The summed E-state index contributed by atoms with van der Waals surface area (Å²) < 4.78 is 13.4. The minimum Gasteiger partial charge on any atom is -0.458 e. The van der Waals surface area contributed by atoms with Gasteiger partial charge in [-0.2, -0.15) is 0 Å². The van der Waals surface area contributed by atoms with Crippen molar-refractivity contribution in [3.8, 4) is 67.5 Å². The molecule has 0 aromatic heterocycles. The van der Waals surface area contributed by atoms with Crippen molar-refractivity contribution in [1.82, 2.24) is 0 Å². The maximum atomic E-state index is 6.91. The van der Waals surface area contributed by atoms with Crippen LogP contribution in [0.5, 0.6) is 23.0 Å². The molecule has 4 heterocycles. The van der Waals surface area contributed by atoms with Crippen LogP contribution < -0.4 is 31.0 Å². The molecular formula is C49H37BO2Si. The lowest BCUT2D eigenvalue weighted by Crippen LogP contribution is -2.61. The number of ether oxygens (including phenoxy) is 2. The van der Waals surface area contributed by atoms with E-state index in [4.69, 9.17) is 9.47 Å². The van der Waals surface area contributed by atoms with Gasteiger partial charge in [0.15, 0.2) is 0 Å². The van der Waals surface area contributed by atoms with Crippen LogP contribution in [-0.4, -0.2) is 14.8 Å². The molecule has 4 heteroatoms. The molecular weight excluding hydrogens is 659 g/mol. The number of para-hydroxylation sites is 1. The first-order valence-corrected chi connectivity index (χ1v) is 21.8. The van der Waals surface area contributed by atoms with Gasteiger partial charge in [-0.05, 0) is 120 Å². The maximum absolute atomic E-state index is 6.91. The molecule has 2 nitrogen and oxygen atoms in total. The van der Waals surface area contributed by atoms with Gasteiger partial charge in [-0.1, -0.05) is 140 Å². The number of hydrogen-bond donors (Lipinski definition) is 0. The number of fused-ring (bicyclic) bond motifs is 15. The summed E-state index contributed by atoms with van der Waals surface area (Å²) in [5, 5.41) is 1.62. The summed E-state index contributed by atoms with van der Waals surface area (Å²) in [6, 6.07) is 55.9. The molecule has 7 aromatic carbocycles. The molecule has 4 aliphatic heterocycles. The van der Waals surface area contributed by atoms with E-state index >= 15 is 0 Å². The normalized spacial score (nSPS) is 16.8. The van der Waals surface area contributed by atoms with Crippen molar-refractivity contribution in [2.45, 2.75) is 43.8 Å². The number of benzene rings is 7. The molecule has 0 bridgehead atoms. The predicted octanol–water partition coefficient (Wildman–Crippen LogP) is 9.61. The Bertz CT molecular complexity index is 2650. The van der Waals surface area contributed by atoms with Crippen molar-refractivity contribution in [3.63, 3.8) is 0 Å². The van der Waals surface area contributed by atoms with Gasteiger partial charge in [0.1, 0.15) is 23.0 Å². The van der Waals surface area contributed by atoms with Crippen LogP contribution in [0, 0.1) is 0 Å². The van der Waals surface area contributed by atoms with Crippen LogP contribution >= 0.6 is 0 Å². The number of hydrogen-bond acceptors (Lipinski definition) is 2. The molecule has 0 atom stereocenters. The van der Waals surface area contributed by atoms with Gasteiger partial charge in [-0.3, -0.25) is 0 Å². The molecule has 1 spiro atoms. The molecule has 53 heavy (non-hydrogen) atoms. The standard InChI is InChI=1S/C49H37BO2Si/c1-49(2)22-23-53(47-27-46-42(26-40(47)49)50-41-18-9-10-19-43(41)51-44-20-11-21-45(52-46)48(44)50)28-30-24-38-36-16-7-5-14-34(36)32-12-3-4-13-33(32)35-15-6-8-17-37(35)39(38)25-31(30)29-53/h3-21,24-27H,22-23,28-29H2,1-2H3. The van der Waals surface area contributed by atoms with E-state index in [1.807, 2.05) is 0 Å². The largest absolute Gasteiger partial charge is 0.458 e. The van der Waals surface area contributed by atoms with Gasteiger partial charge < -0.3 is 9.47 Å². The van der Waals surface area contributed by atoms with Crippen LogP contribution in [0.3, 0.4) is 0 Å². The summed E-state index contributed by atoms with van der Waals surface area (Å²) in [7, 11) is -2.01. The van der Waals surface area contributed by atoms with E-state index in [1.54, 1.807) is 21.9 Å². The van der Waals surface area contributed by atoms with Crippen LogP contribution in [0.15, 0.2) is 140 Å². The lowest BCUT2D eigenvalue weighted by Gasteiger charge is -2.44. The van der Waals surface area contributed by atoms with Gasteiger partial charge in [0.2, 0.25) is 0 Å². The van der Waals surface area contributed by atoms with Gasteiger partial charge in [0.25, 0.3) is 6.71 Å². The summed E-state index contributed by atoms with van der Waals surface area (Å²) in [5.74, 6) is 3.82. The highest BCUT2D eigenvalue weighted by Crippen LogP contribution is 2.51. The Balaban J connectivity index is 1.05. The highest BCUT2D eigenvalue weighted by molar-refractivity contribution is 6.98. The fraction of sp³-hybridized carbons (Fsp3) is 0.143. The number of rotatable bonds is 0. The minimum atomic E-state index is -2.01. The third kappa shape index (κ3) is 4.10. The topological polar surface area (TPSA) is 18.5 Å². The zero-order chi connectivity index (χ0) is 35.1. The summed E-state index contributed by atoms with van der Waals surface area (Å²) in [4.78, 5) is 0. The summed E-state index contributed by atoms with van der Waals surface area (Å²) in [6.07, 6.45) is 1.22. The Morgan fingerprint density at radius 1 is 0.491 bits per heavy atom. The molecule has 12 rings (SSSR count). The fourth-order valence-electron chi connectivity index (χ4n) is 10.7. The van der Waals surface area contributed by atoms with Crippen LogP contribution in [0.2, 0.25) is 6.04 Å². The highest BCUT2D eigenvalue weighted by atomic mass is 28.3. The second kappa shape index (κ2) is 10.5. The minimum absolute atomic E-state index is 0.0839. The first kappa shape index (κ1) is 29.9. The van der Waals surface area contributed by atoms with E-state index in [1.165, 1.54) is 80.0 Å². The van der Waals surface area contributed by atoms with Gasteiger partial charge in [0, 0.05) is 5.46 Å². The van der Waals surface area contributed by atoms with Gasteiger partial charge in [-0.15, -0.1) is 0 Å². The Labute approximate surface area is 312 Å². The van der Waals surface area contributed by atoms with E-state index in [-0.39, 0.29) is 12.1 Å². The van der Waals surface area contributed by atoms with Crippen LogP contribution in [0.1, 0.15) is 37.0 Å². The van der Waals surface area contributed by atoms with Crippen LogP contribution in [0.4, 0.5) is 0 Å². The van der Waals surface area contributed by atoms with Crippen LogP contribution in [-0.2, 0) is 17.5 Å². The summed E-state index contributed by atoms with van der Waals surface area (Å²) >= 11 is 0. The van der Waals surface area contributed by atoms with Crippen molar-refractivity contribution < 1.29 is 9.47 Å². The molecule has 1 aliphatic carbocycles. The van der Waals surface area contributed by atoms with E-state index in [0.717, 1.165) is 28.5 Å². The smallest absolute Gasteiger partial charge is 0.260 e. The molecule has 0 saturated carbocycles. The lowest BCUT2D eigenvalue weighted by molar-refractivity contribution is 0.463. The monoisotopic (exact) mass is 696 g/mol. The molecule has 0 amide bonds. The molecule has 0 N–H and O–H groups in total. The molecule has 252 valence electrons. The van der Waals surface area contributed by atoms with E-state index in [2.05, 4.69) is 153 Å². The molecule has 0 unspecified atom stereocenters. The third-order valence-electron chi connectivity index (χ3n) is 13.3. The zero-order valence-corrected chi connectivity index (χ0v) is 31.0. The van der Waals surface area contributed by atoms with Crippen LogP contribution in [0.25, 0.3) is 44.5 Å². The van der Waals surface area contributed by atoms with E-state index in [0.29, 0.717) is 0 Å². The third-order valence-corrected chi connectivity index (χ3v) is 18.2. The average Bonchev–Trinajstić information content (AvgIpc) is 3.56. The molecule has 7 aromatic rings. The Hall–Kier alpha value is -5.58. The Morgan fingerprint density at radius 3 is 1.57 bits per heavy atom. The van der Waals surface area contributed by atoms with Crippen molar-refractivity contribution in [2.24, 2.45) is 0 Å². The Kier molecular flexibility index (Phi) is 5.94. The van der Waals surface area contributed by atoms with Gasteiger partial charge in [-0.25, -0.2) is 0 Å². The van der Waals surface area contributed by atoms with Crippen molar-refractivity contribution >= 4 is 36.4 Å². The quantitative estimate of drug-likeness (QED) is 0.147. The molecule has 5 aliphatic rings. The molecule has 0 radical (unpaired) electrons. The molecule has 0 fully saturated rings. The highest BCUT2D eigenvalue weighted by Gasteiger charge is 2.50. The summed E-state index contributed by atoms with van der Waals surface area (Å²) in [5.41, 5.74) is 19.0.